The number of aromatic nitrogens is 1. The molecule has 0 aliphatic carbocycles. The van der Waals surface area contributed by atoms with Crippen LogP contribution in [0.15, 0.2) is 42.5 Å². The largest absolute Gasteiger partial charge is 0.481 e. The molecule has 1 fully saturated rings. The molecule has 1 aromatic heterocycles. The van der Waals surface area contributed by atoms with E-state index in [1.54, 1.807) is 26.5 Å². The highest BCUT2D eigenvalue weighted by Gasteiger charge is 2.28. The van der Waals surface area contributed by atoms with Crippen molar-refractivity contribution in [2.45, 2.75) is 76.3 Å². The normalized spacial score (nSPS) is 16.1. The van der Waals surface area contributed by atoms with Gasteiger partial charge in [0.15, 0.2) is 0 Å². The second-order valence-electron chi connectivity index (χ2n) is 17.7. The standard InChI is InChI=1S/C47H66N10O16S/c1-29-42(74-37(50-29)24-49-36(58)25-54-14-16-55(26-39(61)62)18-20-57(28-41(65)66)21-19-56(17-15-54)27-40(63)64)44(68)51-35(23-30-9-10-31-6-2-3-7-32(31)22-30)43(67)48-13-5-4-8-33(45(69)70)52-47(73)53-34(46(71)72)11-12-38(59)60/h2-3,6-7,9-10,22,33-35,44,51,68H,4-5,8,11-21,23-28H2,1H3,(H,48,67)(H,49,58)(H,59,60)(H,61,62)(H,63,64)(H,65,66)(H,69,70)(H,71,72)(H2,52,53,73)/t33-,34-,35-,44?/m0/s1. The molecule has 0 spiro atoms. The number of unbranched alkanes of at least 4 members (excludes halogenated alkanes) is 1. The van der Waals surface area contributed by atoms with Gasteiger partial charge < -0.3 is 57.0 Å². The topological polar surface area (TPSA) is 381 Å². The van der Waals surface area contributed by atoms with Crippen LogP contribution in [0.5, 0.6) is 0 Å². The first kappa shape index (κ1) is 59.7. The molecule has 0 saturated carbocycles. The highest BCUT2D eigenvalue weighted by molar-refractivity contribution is 7.11. The summed E-state index contributed by atoms with van der Waals surface area (Å²) in [6.45, 7) is 2.51. The molecule has 0 radical (unpaired) electrons. The third-order valence-electron chi connectivity index (χ3n) is 11.9. The average molecular weight is 1060 g/mol. The molecule has 26 nitrogen and oxygen atoms in total. The van der Waals surface area contributed by atoms with Gasteiger partial charge in [-0.1, -0.05) is 42.5 Å². The number of fused-ring (bicyclic) bond motifs is 1. The zero-order chi connectivity index (χ0) is 54.3. The number of hydrogen-bond acceptors (Lipinski definition) is 17. The van der Waals surface area contributed by atoms with Gasteiger partial charge in [0.05, 0.1) is 49.3 Å². The Morgan fingerprint density at radius 1 is 0.622 bits per heavy atom. The van der Waals surface area contributed by atoms with Gasteiger partial charge in [-0.15, -0.1) is 11.3 Å². The van der Waals surface area contributed by atoms with E-state index in [9.17, 15) is 73.8 Å². The highest BCUT2D eigenvalue weighted by Crippen LogP contribution is 2.25. The number of aliphatic hydroxyl groups excluding tert-OH is 1. The fourth-order valence-corrected chi connectivity index (χ4v) is 9.01. The minimum atomic E-state index is -1.56. The molecule has 27 heteroatoms. The number of thiazole rings is 1. The number of carboxylic acids is 6. The van der Waals surface area contributed by atoms with Crippen molar-refractivity contribution >= 4 is 75.8 Å². The number of aryl methyl sites for hydroxylation is 1. The number of amides is 4. The Kier molecular flexibility index (Phi) is 24.5. The van der Waals surface area contributed by atoms with Crippen LogP contribution in [0.2, 0.25) is 0 Å². The molecule has 4 rings (SSSR count). The Morgan fingerprint density at radius 2 is 1.14 bits per heavy atom. The first-order valence-corrected chi connectivity index (χ1v) is 24.7. The molecule has 74 heavy (non-hydrogen) atoms. The van der Waals surface area contributed by atoms with Crippen LogP contribution in [-0.4, -0.2) is 217 Å². The molecular formula is C47H66N10O16S. The smallest absolute Gasteiger partial charge is 0.326 e. The second-order valence-corrected chi connectivity index (χ2v) is 18.9. The third-order valence-corrected chi connectivity index (χ3v) is 13.1. The first-order chi connectivity index (χ1) is 35.1. The summed E-state index contributed by atoms with van der Waals surface area (Å²) in [4.78, 5) is 120. The van der Waals surface area contributed by atoms with Crippen molar-refractivity contribution in [3.8, 4) is 0 Å². The molecule has 1 aliphatic rings. The molecule has 3 aromatic rings. The van der Waals surface area contributed by atoms with Crippen LogP contribution < -0.4 is 26.6 Å². The lowest BCUT2D eigenvalue weighted by Gasteiger charge is -2.32. The minimum absolute atomic E-state index is 0.0276. The quantitative estimate of drug-likeness (QED) is 0.0314. The number of carboxylic acid groups (broad SMARTS) is 6. The lowest BCUT2D eigenvalue weighted by atomic mass is 10.0. The van der Waals surface area contributed by atoms with E-state index in [1.807, 2.05) is 42.5 Å². The van der Waals surface area contributed by atoms with Crippen LogP contribution in [-0.2, 0) is 51.3 Å². The summed E-state index contributed by atoms with van der Waals surface area (Å²) in [5.41, 5.74) is 1.21. The molecule has 2 aromatic carbocycles. The number of urea groups is 1. The number of aliphatic carboxylic acids is 6. The summed E-state index contributed by atoms with van der Waals surface area (Å²) in [7, 11) is 0. The lowest BCUT2D eigenvalue weighted by molar-refractivity contribution is -0.141. The van der Waals surface area contributed by atoms with Gasteiger partial charge >= 0.3 is 41.8 Å². The SMILES string of the molecule is Cc1nc(CNC(=O)CN2CCN(CC(=O)O)CCN(CC(=O)O)CCN(CC(=O)O)CC2)sc1C(O)N[C@@H](Cc1ccc2ccccc2c1)C(=O)NCCCC[C@H](NC(=O)N[C@@H](CCC(=O)O)C(=O)O)C(=O)O. The van der Waals surface area contributed by atoms with Crippen LogP contribution in [0.25, 0.3) is 10.8 Å². The number of carbonyl (C=O) groups is 9. The Labute approximate surface area is 429 Å². The number of rotatable bonds is 28. The number of carbonyl (C=O) groups excluding carboxylic acids is 3. The van der Waals surface area contributed by atoms with Crippen LogP contribution in [0.4, 0.5) is 4.79 Å². The minimum Gasteiger partial charge on any atom is -0.481 e. The Hall–Kier alpha value is -6.88. The summed E-state index contributed by atoms with van der Waals surface area (Å²) >= 11 is 1.11. The maximum absolute atomic E-state index is 13.8. The number of benzene rings is 2. The maximum atomic E-state index is 13.8. The van der Waals surface area contributed by atoms with Gasteiger partial charge in [0, 0.05) is 65.3 Å². The van der Waals surface area contributed by atoms with E-state index in [0.717, 1.165) is 27.7 Å². The molecular weight excluding hydrogens is 993 g/mol. The van der Waals surface area contributed by atoms with E-state index in [4.69, 9.17) is 5.11 Å². The van der Waals surface area contributed by atoms with E-state index >= 15 is 0 Å². The van der Waals surface area contributed by atoms with Crippen LogP contribution in [0, 0.1) is 6.92 Å². The highest BCUT2D eigenvalue weighted by atomic mass is 32.1. The van der Waals surface area contributed by atoms with Crippen molar-refractivity contribution in [2.75, 3.05) is 85.1 Å². The Balaban J connectivity index is 1.38. The first-order valence-electron chi connectivity index (χ1n) is 23.9. The molecule has 1 aliphatic heterocycles. The molecule has 406 valence electrons. The van der Waals surface area contributed by atoms with Gasteiger partial charge in [0.2, 0.25) is 11.8 Å². The number of nitrogens with zero attached hydrogens (tertiary/aromatic N) is 5. The van der Waals surface area contributed by atoms with Gasteiger partial charge in [-0.25, -0.2) is 19.4 Å². The summed E-state index contributed by atoms with van der Waals surface area (Å²) in [5.74, 6) is -8.27. The fourth-order valence-electron chi connectivity index (χ4n) is 8.06. The van der Waals surface area contributed by atoms with Gasteiger partial charge in [0.25, 0.3) is 0 Å². The summed E-state index contributed by atoms with van der Waals surface area (Å²) in [5, 5.41) is 83.2. The Bertz CT molecular complexity index is 2390. The summed E-state index contributed by atoms with van der Waals surface area (Å²) in [6, 6.07) is 8.26. The molecule has 4 amide bonds. The predicted octanol–water partition coefficient (Wildman–Crippen LogP) is -0.755. The third kappa shape index (κ3) is 21.7. The van der Waals surface area contributed by atoms with Crippen molar-refractivity contribution in [2.24, 2.45) is 0 Å². The van der Waals surface area contributed by atoms with E-state index < -0.39 is 90.9 Å². The van der Waals surface area contributed by atoms with E-state index in [2.05, 4.69) is 31.6 Å². The zero-order valence-electron chi connectivity index (χ0n) is 40.9. The summed E-state index contributed by atoms with van der Waals surface area (Å²) < 4.78 is 0. The van der Waals surface area contributed by atoms with Gasteiger partial charge in [-0.2, -0.15) is 0 Å². The molecule has 0 bridgehead atoms. The van der Waals surface area contributed by atoms with Crippen LogP contribution in [0.3, 0.4) is 0 Å². The van der Waals surface area contributed by atoms with Crippen molar-refractivity contribution < 1.29 is 78.9 Å². The van der Waals surface area contributed by atoms with Gasteiger partial charge in [-0.05, 0) is 55.4 Å². The molecule has 4 atom stereocenters. The number of aliphatic hydroxyl groups is 1. The molecule has 12 N–H and O–H groups in total. The number of hydrogen-bond donors (Lipinski definition) is 12. The Morgan fingerprint density at radius 3 is 1.65 bits per heavy atom. The van der Waals surface area contributed by atoms with Crippen LogP contribution >= 0.6 is 11.3 Å². The van der Waals surface area contributed by atoms with Crippen molar-refractivity contribution in [1.82, 2.24) is 51.2 Å². The molecule has 1 unspecified atom stereocenters. The maximum Gasteiger partial charge on any atom is 0.326 e. The number of nitrogens with one attached hydrogen (secondary N) is 5. The average Bonchev–Trinajstić information content (AvgIpc) is 3.71. The van der Waals surface area contributed by atoms with Gasteiger partial charge in [-0.3, -0.25) is 53.7 Å². The lowest BCUT2D eigenvalue weighted by Crippen LogP contribution is -2.51. The molecule has 1 saturated heterocycles. The van der Waals surface area contributed by atoms with Gasteiger partial charge in [0.1, 0.15) is 23.3 Å². The second kappa shape index (κ2) is 30.3. The zero-order valence-corrected chi connectivity index (χ0v) is 41.8. The summed E-state index contributed by atoms with van der Waals surface area (Å²) in [6.07, 6.45) is -1.83. The molecule has 2 heterocycles. The van der Waals surface area contributed by atoms with E-state index in [-0.39, 0.29) is 117 Å². The van der Waals surface area contributed by atoms with Crippen molar-refractivity contribution in [3.63, 3.8) is 0 Å². The van der Waals surface area contributed by atoms with E-state index in [0.29, 0.717) is 15.6 Å². The van der Waals surface area contributed by atoms with Crippen LogP contribution in [0.1, 0.15) is 59.5 Å². The van der Waals surface area contributed by atoms with Crippen molar-refractivity contribution in [3.05, 3.63) is 63.6 Å². The van der Waals surface area contributed by atoms with E-state index in [1.165, 1.54) is 0 Å². The fraction of sp³-hybridized carbons (Fsp3) is 0.532. The predicted molar refractivity (Wildman–Crippen MR) is 265 cm³/mol. The monoisotopic (exact) mass is 1060 g/mol. The van der Waals surface area contributed by atoms with Crippen molar-refractivity contribution in [1.29, 1.82) is 0 Å².